The predicted octanol–water partition coefficient (Wildman–Crippen LogP) is 0.388. The SMILES string of the molecule is CC(=O)NCC(=O)Nc1ccccc1CC(=O)O. The predicted molar refractivity (Wildman–Crippen MR) is 65.1 cm³/mol. The highest BCUT2D eigenvalue weighted by Gasteiger charge is 2.09. The molecule has 2 amide bonds. The van der Waals surface area contributed by atoms with Gasteiger partial charge in [0.25, 0.3) is 0 Å². The minimum Gasteiger partial charge on any atom is -0.481 e. The van der Waals surface area contributed by atoms with Gasteiger partial charge in [0.05, 0.1) is 13.0 Å². The quantitative estimate of drug-likeness (QED) is 0.704. The number of benzene rings is 1. The van der Waals surface area contributed by atoms with E-state index in [1.165, 1.54) is 6.92 Å². The van der Waals surface area contributed by atoms with Gasteiger partial charge < -0.3 is 15.7 Å². The zero-order valence-electron chi connectivity index (χ0n) is 9.90. The third-order valence-corrected chi connectivity index (χ3v) is 2.13. The van der Waals surface area contributed by atoms with Crippen molar-refractivity contribution >= 4 is 23.5 Å². The van der Waals surface area contributed by atoms with E-state index in [4.69, 9.17) is 5.11 Å². The van der Waals surface area contributed by atoms with Gasteiger partial charge in [-0.05, 0) is 11.6 Å². The Labute approximate surface area is 104 Å². The van der Waals surface area contributed by atoms with Crippen LogP contribution < -0.4 is 10.6 Å². The molecule has 0 aromatic heterocycles. The van der Waals surface area contributed by atoms with E-state index < -0.39 is 11.9 Å². The number of carbonyl (C=O) groups excluding carboxylic acids is 2. The summed E-state index contributed by atoms with van der Waals surface area (Å²) < 4.78 is 0. The zero-order valence-corrected chi connectivity index (χ0v) is 9.90. The third kappa shape index (κ3) is 4.65. The van der Waals surface area contributed by atoms with E-state index in [9.17, 15) is 14.4 Å². The average molecular weight is 250 g/mol. The highest BCUT2D eigenvalue weighted by molar-refractivity contribution is 5.95. The van der Waals surface area contributed by atoms with Crippen LogP contribution in [0.25, 0.3) is 0 Å². The van der Waals surface area contributed by atoms with E-state index >= 15 is 0 Å². The third-order valence-electron chi connectivity index (χ3n) is 2.13. The van der Waals surface area contributed by atoms with Crippen LogP contribution in [-0.2, 0) is 20.8 Å². The van der Waals surface area contributed by atoms with Crippen molar-refractivity contribution in [2.45, 2.75) is 13.3 Å². The molecule has 0 fully saturated rings. The maximum absolute atomic E-state index is 11.5. The number of hydrogen-bond acceptors (Lipinski definition) is 3. The molecule has 0 radical (unpaired) electrons. The zero-order chi connectivity index (χ0) is 13.5. The average Bonchev–Trinajstić information content (AvgIpc) is 2.28. The first kappa shape index (κ1) is 13.7. The van der Waals surface area contributed by atoms with E-state index in [-0.39, 0.29) is 18.9 Å². The maximum atomic E-state index is 11.5. The number of carboxylic acids is 1. The number of rotatable bonds is 5. The Balaban J connectivity index is 2.68. The van der Waals surface area contributed by atoms with Gasteiger partial charge in [0.2, 0.25) is 11.8 Å². The summed E-state index contributed by atoms with van der Waals surface area (Å²) >= 11 is 0. The lowest BCUT2D eigenvalue weighted by atomic mass is 10.1. The fraction of sp³-hybridized carbons (Fsp3) is 0.250. The van der Waals surface area contributed by atoms with Crippen molar-refractivity contribution in [3.05, 3.63) is 29.8 Å². The van der Waals surface area contributed by atoms with Crippen molar-refractivity contribution in [2.24, 2.45) is 0 Å². The molecule has 96 valence electrons. The van der Waals surface area contributed by atoms with Crippen molar-refractivity contribution < 1.29 is 19.5 Å². The number of carbonyl (C=O) groups is 3. The fourth-order valence-electron chi connectivity index (χ4n) is 1.36. The molecule has 1 rings (SSSR count). The number of aliphatic carboxylic acids is 1. The van der Waals surface area contributed by atoms with E-state index in [2.05, 4.69) is 10.6 Å². The summed E-state index contributed by atoms with van der Waals surface area (Å²) in [5.41, 5.74) is 0.955. The van der Waals surface area contributed by atoms with Gasteiger partial charge in [-0.25, -0.2) is 0 Å². The summed E-state index contributed by atoms with van der Waals surface area (Å²) in [6.45, 7) is 1.17. The van der Waals surface area contributed by atoms with Crippen LogP contribution in [0.5, 0.6) is 0 Å². The summed E-state index contributed by atoms with van der Waals surface area (Å²) in [6, 6.07) is 6.63. The van der Waals surface area contributed by atoms with Gasteiger partial charge in [-0.3, -0.25) is 14.4 Å². The molecule has 0 heterocycles. The van der Waals surface area contributed by atoms with Crippen LogP contribution >= 0.6 is 0 Å². The summed E-state index contributed by atoms with van der Waals surface area (Å²) in [5.74, 6) is -1.68. The molecule has 3 N–H and O–H groups in total. The van der Waals surface area contributed by atoms with Crippen molar-refractivity contribution in [2.75, 3.05) is 11.9 Å². The molecule has 0 saturated heterocycles. The molecule has 1 aromatic rings. The molecule has 1 aromatic carbocycles. The lowest BCUT2D eigenvalue weighted by molar-refractivity contribution is -0.136. The molecule has 0 unspecified atom stereocenters. The van der Waals surface area contributed by atoms with E-state index in [1.807, 2.05) is 0 Å². The van der Waals surface area contributed by atoms with Crippen LogP contribution in [0.4, 0.5) is 5.69 Å². The molecule has 0 aliphatic heterocycles. The molecule has 0 spiro atoms. The Morgan fingerprint density at radius 1 is 1.22 bits per heavy atom. The number of para-hydroxylation sites is 1. The summed E-state index contributed by atoms with van der Waals surface area (Å²) in [5, 5.41) is 13.6. The van der Waals surface area contributed by atoms with Crippen molar-refractivity contribution in [3.8, 4) is 0 Å². The Bertz CT molecular complexity index is 471. The van der Waals surface area contributed by atoms with Gasteiger partial charge in [-0.2, -0.15) is 0 Å². The normalized spacial score (nSPS) is 9.61. The van der Waals surface area contributed by atoms with Gasteiger partial charge in [-0.1, -0.05) is 18.2 Å². The molecule has 6 heteroatoms. The van der Waals surface area contributed by atoms with Crippen LogP contribution in [0.3, 0.4) is 0 Å². The molecule has 6 nitrogen and oxygen atoms in total. The lowest BCUT2D eigenvalue weighted by Gasteiger charge is -2.09. The monoisotopic (exact) mass is 250 g/mol. The Kier molecular flexibility index (Phi) is 4.86. The van der Waals surface area contributed by atoms with E-state index in [1.54, 1.807) is 24.3 Å². The molecule has 0 atom stereocenters. The Hall–Kier alpha value is -2.37. The van der Waals surface area contributed by atoms with Crippen LogP contribution in [0.15, 0.2) is 24.3 Å². The van der Waals surface area contributed by atoms with Crippen molar-refractivity contribution in [1.29, 1.82) is 0 Å². The molecule has 0 aliphatic carbocycles. The van der Waals surface area contributed by atoms with Crippen LogP contribution in [0, 0.1) is 0 Å². The molecule has 0 bridgehead atoms. The largest absolute Gasteiger partial charge is 0.481 e. The minimum atomic E-state index is -0.974. The van der Waals surface area contributed by atoms with Gasteiger partial charge >= 0.3 is 5.97 Å². The highest BCUT2D eigenvalue weighted by atomic mass is 16.4. The van der Waals surface area contributed by atoms with E-state index in [0.717, 1.165) is 0 Å². The Morgan fingerprint density at radius 2 is 1.89 bits per heavy atom. The van der Waals surface area contributed by atoms with Gasteiger partial charge in [0.15, 0.2) is 0 Å². The minimum absolute atomic E-state index is 0.142. The molecular formula is C12H14N2O4. The first-order valence-corrected chi connectivity index (χ1v) is 5.33. The highest BCUT2D eigenvalue weighted by Crippen LogP contribution is 2.15. The van der Waals surface area contributed by atoms with Crippen molar-refractivity contribution in [1.82, 2.24) is 5.32 Å². The number of amides is 2. The Morgan fingerprint density at radius 3 is 2.50 bits per heavy atom. The molecular weight excluding hydrogens is 236 g/mol. The maximum Gasteiger partial charge on any atom is 0.307 e. The second-order valence-corrected chi connectivity index (χ2v) is 3.69. The van der Waals surface area contributed by atoms with Gasteiger partial charge in [-0.15, -0.1) is 0 Å². The fourth-order valence-corrected chi connectivity index (χ4v) is 1.36. The number of anilines is 1. The van der Waals surface area contributed by atoms with Crippen LogP contribution in [0.2, 0.25) is 0 Å². The van der Waals surface area contributed by atoms with Crippen molar-refractivity contribution in [3.63, 3.8) is 0 Å². The van der Waals surface area contributed by atoms with E-state index in [0.29, 0.717) is 11.3 Å². The molecule has 18 heavy (non-hydrogen) atoms. The van der Waals surface area contributed by atoms with Gasteiger partial charge in [0, 0.05) is 12.6 Å². The molecule has 0 aliphatic rings. The number of carboxylic acid groups (broad SMARTS) is 1. The first-order chi connectivity index (χ1) is 8.49. The summed E-state index contributed by atoms with van der Waals surface area (Å²) in [4.78, 5) is 32.8. The topological polar surface area (TPSA) is 95.5 Å². The van der Waals surface area contributed by atoms with Crippen LogP contribution in [-0.4, -0.2) is 29.4 Å². The lowest BCUT2D eigenvalue weighted by Crippen LogP contribution is -2.31. The number of hydrogen-bond donors (Lipinski definition) is 3. The first-order valence-electron chi connectivity index (χ1n) is 5.33. The molecule has 0 saturated carbocycles. The second kappa shape index (κ2) is 6.39. The van der Waals surface area contributed by atoms with Gasteiger partial charge in [0.1, 0.15) is 0 Å². The number of nitrogens with one attached hydrogen (secondary N) is 2. The second-order valence-electron chi connectivity index (χ2n) is 3.69. The summed E-state index contributed by atoms with van der Waals surface area (Å²) in [7, 11) is 0. The summed E-state index contributed by atoms with van der Waals surface area (Å²) in [6.07, 6.45) is -0.170. The standard InChI is InChI=1S/C12H14N2O4/c1-8(15)13-7-11(16)14-10-5-3-2-4-9(10)6-12(17)18/h2-5H,6-7H2,1H3,(H,13,15)(H,14,16)(H,17,18). The smallest absolute Gasteiger partial charge is 0.307 e. The van der Waals surface area contributed by atoms with Crippen LogP contribution in [0.1, 0.15) is 12.5 Å².